The zero-order chi connectivity index (χ0) is 14.7. The Balaban J connectivity index is 2.29. The van der Waals surface area contributed by atoms with Crippen LogP contribution in [0.1, 0.15) is 11.1 Å². The van der Waals surface area contributed by atoms with Crippen LogP contribution in [0.4, 0.5) is 0 Å². The van der Waals surface area contributed by atoms with Crippen molar-refractivity contribution in [1.82, 2.24) is 4.90 Å². The molecule has 1 aliphatic carbocycles. The van der Waals surface area contributed by atoms with Gasteiger partial charge in [-0.25, -0.2) is 0 Å². The first-order valence-electron chi connectivity index (χ1n) is 6.25. The van der Waals surface area contributed by atoms with Gasteiger partial charge in [-0.2, -0.15) is 5.26 Å². The van der Waals surface area contributed by atoms with Gasteiger partial charge in [0.2, 0.25) is 5.78 Å². The van der Waals surface area contributed by atoms with Crippen LogP contribution in [0, 0.1) is 11.3 Å². The van der Waals surface area contributed by atoms with E-state index >= 15 is 0 Å². The highest BCUT2D eigenvalue weighted by Crippen LogP contribution is 2.30. The molecule has 1 aliphatic rings. The van der Waals surface area contributed by atoms with Crippen LogP contribution in [0.15, 0.2) is 40.4 Å². The average Bonchev–Trinajstić information content (AvgIpc) is 2.86. The van der Waals surface area contributed by atoms with E-state index in [4.69, 9.17) is 5.26 Å². The van der Waals surface area contributed by atoms with Gasteiger partial charge in [-0.3, -0.25) is 4.79 Å². The van der Waals surface area contributed by atoms with Gasteiger partial charge < -0.3 is 4.90 Å². The summed E-state index contributed by atoms with van der Waals surface area (Å²) in [6.45, 7) is 0. The van der Waals surface area contributed by atoms with Crippen LogP contribution in [0.3, 0.4) is 0 Å². The first kappa shape index (κ1) is 14.4. The summed E-state index contributed by atoms with van der Waals surface area (Å²) < 4.78 is 0. The molecule has 0 saturated heterocycles. The van der Waals surface area contributed by atoms with E-state index in [-0.39, 0.29) is 11.4 Å². The Morgan fingerprint density at radius 3 is 2.80 bits per heavy atom. The van der Waals surface area contributed by atoms with Crippen LogP contribution in [0.5, 0.6) is 0 Å². The normalized spacial score (nSPS) is 13.5. The zero-order valence-electron chi connectivity index (χ0n) is 11.8. The number of carbonyl (C=O) groups excluding carboxylic acids is 1. The summed E-state index contributed by atoms with van der Waals surface area (Å²) >= 11 is 1.68. The topological polar surface area (TPSA) is 44.1 Å². The fraction of sp³-hybridized carbons (Fsp3) is 0.250. The van der Waals surface area contributed by atoms with Crippen molar-refractivity contribution in [1.29, 1.82) is 5.26 Å². The Labute approximate surface area is 123 Å². The molecule has 20 heavy (non-hydrogen) atoms. The van der Waals surface area contributed by atoms with Gasteiger partial charge in [0.1, 0.15) is 11.6 Å². The number of fused-ring (bicyclic) bond motifs is 1. The first-order valence-corrected chi connectivity index (χ1v) is 7.48. The minimum atomic E-state index is -0.178. The number of hydrogen-bond acceptors (Lipinski definition) is 4. The number of carbonyl (C=O) groups is 1. The van der Waals surface area contributed by atoms with E-state index in [0.717, 1.165) is 11.1 Å². The van der Waals surface area contributed by atoms with E-state index in [1.54, 1.807) is 37.0 Å². The van der Waals surface area contributed by atoms with Crippen molar-refractivity contribution in [2.45, 2.75) is 11.3 Å². The second kappa shape index (κ2) is 5.98. The minimum absolute atomic E-state index is 0.178. The van der Waals surface area contributed by atoms with E-state index < -0.39 is 0 Å². The number of nitrogens with zero attached hydrogens (tertiary/aromatic N) is 2. The lowest BCUT2D eigenvalue weighted by atomic mass is 10.0. The number of Topliss-reactive ketones (excluding diaryl/α,β-unsaturated/α-hetero) is 1. The van der Waals surface area contributed by atoms with Crippen LogP contribution >= 0.6 is 11.8 Å². The fourth-order valence-corrected chi connectivity index (χ4v) is 2.60. The van der Waals surface area contributed by atoms with E-state index in [1.807, 2.05) is 18.4 Å². The molecule has 0 bridgehead atoms. The number of ketones is 1. The van der Waals surface area contributed by atoms with Crippen LogP contribution in [-0.4, -0.2) is 31.0 Å². The maximum absolute atomic E-state index is 12.3. The highest BCUT2D eigenvalue weighted by Gasteiger charge is 2.21. The first-order chi connectivity index (χ1) is 9.55. The zero-order valence-corrected chi connectivity index (χ0v) is 12.6. The average molecular weight is 284 g/mol. The molecule has 1 aromatic carbocycles. The van der Waals surface area contributed by atoms with Gasteiger partial charge in [0, 0.05) is 37.2 Å². The minimum Gasteiger partial charge on any atom is -0.382 e. The molecule has 0 amide bonds. The second-order valence-corrected chi connectivity index (χ2v) is 5.74. The van der Waals surface area contributed by atoms with Gasteiger partial charge in [0.15, 0.2) is 0 Å². The molecule has 0 spiro atoms. The Morgan fingerprint density at radius 1 is 1.45 bits per heavy atom. The molecule has 0 unspecified atom stereocenters. The van der Waals surface area contributed by atoms with Crippen molar-refractivity contribution in [3.05, 3.63) is 46.7 Å². The van der Waals surface area contributed by atoms with Crippen molar-refractivity contribution in [2.24, 2.45) is 0 Å². The molecular weight excluding hydrogens is 268 g/mol. The smallest absolute Gasteiger partial charge is 0.201 e. The maximum atomic E-state index is 12.3. The van der Waals surface area contributed by atoms with Crippen molar-refractivity contribution in [2.75, 3.05) is 20.4 Å². The molecule has 102 valence electrons. The maximum Gasteiger partial charge on any atom is 0.201 e. The third-order valence-corrected chi connectivity index (χ3v) is 3.83. The standard InChI is InChI=1S/C16H16N2OS/c1-18(2)10-14(9-17)16(19)13-6-11-4-5-15(20-3)8-12(11)7-13/h4-5,7-8,10H,6H2,1-3H3. The lowest BCUT2D eigenvalue weighted by Gasteiger charge is -2.06. The highest BCUT2D eigenvalue weighted by atomic mass is 32.2. The summed E-state index contributed by atoms with van der Waals surface area (Å²) in [6, 6.07) is 8.19. The van der Waals surface area contributed by atoms with Crippen LogP contribution in [0.2, 0.25) is 0 Å². The second-order valence-electron chi connectivity index (χ2n) is 4.86. The number of thioether (sulfide) groups is 1. The van der Waals surface area contributed by atoms with E-state index in [2.05, 4.69) is 18.2 Å². The monoisotopic (exact) mass is 284 g/mol. The van der Waals surface area contributed by atoms with Gasteiger partial charge in [0.05, 0.1) is 0 Å². The summed E-state index contributed by atoms with van der Waals surface area (Å²) in [6.07, 6.45) is 6.10. The number of nitriles is 1. The van der Waals surface area contributed by atoms with Crippen LogP contribution < -0.4 is 0 Å². The SMILES string of the molecule is CSc1ccc2c(c1)C=C(C(=O)C(C#N)=CN(C)C)C2. The predicted molar refractivity (Wildman–Crippen MR) is 82.3 cm³/mol. The summed E-state index contributed by atoms with van der Waals surface area (Å²) in [5.41, 5.74) is 3.10. The number of benzene rings is 1. The van der Waals surface area contributed by atoms with Crippen molar-refractivity contribution >= 4 is 23.6 Å². The number of allylic oxidation sites excluding steroid dienone is 2. The van der Waals surface area contributed by atoms with E-state index in [0.29, 0.717) is 12.0 Å². The molecule has 0 aromatic heterocycles. The number of rotatable bonds is 4. The third-order valence-electron chi connectivity index (χ3n) is 3.11. The molecule has 0 atom stereocenters. The largest absolute Gasteiger partial charge is 0.382 e. The summed E-state index contributed by atoms with van der Waals surface area (Å²) in [7, 11) is 3.60. The Morgan fingerprint density at radius 2 is 2.20 bits per heavy atom. The van der Waals surface area contributed by atoms with E-state index in [9.17, 15) is 4.79 Å². The molecule has 0 fully saturated rings. The molecule has 3 nitrogen and oxygen atoms in total. The van der Waals surface area contributed by atoms with E-state index in [1.165, 1.54) is 4.90 Å². The van der Waals surface area contributed by atoms with Gasteiger partial charge in [-0.1, -0.05) is 6.07 Å². The van der Waals surface area contributed by atoms with Gasteiger partial charge in [-0.15, -0.1) is 11.8 Å². The third kappa shape index (κ3) is 2.94. The molecule has 0 saturated carbocycles. The lowest BCUT2D eigenvalue weighted by Crippen LogP contribution is -2.10. The van der Waals surface area contributed by atoms with Crippen molar-refractivity contribution < 1.29 is 4.79 Å². The van der Waals surface area contributed by atoms with Crippen LogP contribution in [-0.2, 0) is 11.2 Å². The summed E-state index contributed by atoms with van der Waals surface area (Å²) in [5, 5.41) is 9.11. The van der Waals surface area contributed by atoms with Gasteiger partial charge >= 0.3 is 0 Å². The molecule has 0 aliphatic heterocycles. The van der Waals surface area contributed by atoms with Crippen LogP contribution in [0.25, 0.3) is 6.08 Å². The highest BCUT2D eigenvalue weighted by molar-refractivity contribution is 7.98. The Hall–Kier alpha value is -1.99. The molecule has 4 heteroatoms. The van der Waals surface area contributed by atoms with Gasteiger partial charge in [-0.05, 0) is 35.6 Å². The molecule has 2 rings (SSSR count). The Bertz CT molecular complexity index is 651. The fourth-order valence-electron chi connectivity index (χ4n) is 2.15. The van der Waals surface area contributed by atoms with Crippen molar-refractivity contribution in [3.63, 3.8) is 0 Å². The molecule has 1 aromatic rings. The summed E-state index contributed by atoms with van der Waals surface area (Å²) in [4.78, 5) is 15.2. The van der Waals surface area contributed by atoms with Crippen molar-refractivity contribution in [3.8, 4) is 6.07 Å². The molecule has 0 radical (unpaired) electrons. The Kier molecular flexibility index (Phi) is 4.31. The summed E-state index contributed by atoms with van der Waals surface area (Å²) in [5.74, 6) is -0.178. The molecule has 0 N–H and O–H groups in total. The quantitative estimate of drug-likeness (QED) is 0.484. The molecule has 0 heterocycles. The number of hydrogen-bond donors (Lipinski definition) is 0. The predicted octanol–water partition coefficient (Wildman–Crippen LogP) is 2.89. The van der Waals surface area contributed by atoms with Gasteiger partial charge in [0.25, 0.3) is 0 Å². The molecular formula is C16H16N2OS. The lowest BCUT2D eigenvalue weighted by molar-refractivity contribution is -0.111.